The molecule has 26 heavy (non-hydrogen) atoms. The summed E-state index contributed by atoms with van der Waals surface area (Å²) in [6, 6.07) is 6.93. The predicted molar refractivity (Wildman–Crippen MR) is 101 cm³/mol. The highest BCUT2D eigenvalue weighted by molar-refractivity contribution is 6.42. The molecule has 2 aromatic carbocycles. The van der Waals surface area contributed by atoms with Gasteiger partial charge in [0.05, 0.1) is 28.4 Å². The first-order valence-electron chi connectivity index (χ1n) is 8.02. The van der Waals surface area contributed by atoms with Crippen LogP contribution in [-0.4, -0.2) is 30.2 Å². The third kappa shape index (κ3) is 2.94. The molecular weight excluding hydrogens is 378 g/mol. The van der Waals surface area contributed by atoms with Gasteiger partial charge in [-0.25, -0.2) is 14.4 Å². The number of aromatic nitrogens is 2. The van der Waals surface area contributed by atoms with Gasteiger partial charge in [-0.3, -0.25) is 0 Å². The van der Waals surface area contributed by atoms with Gasteiger partial charge in [-0.2, -0.15) is 0 Å². The second kappa shape index (κ2) is 6.87. The summed E-state index contributed by atoms with van der Waals surface area (Å²) in [7, 11) is 1.64. The van der Waals surface area contributed by atoms with Crippen LogP contribution in [-0.2, 0) is 0 Å². The second-order valence-corrected chi connectivity index (χ2v) is 6.82. The molecule has 8 heteroatoms. The summed E-state index contributed by atoms with van der Waals surface area (Å²) in [5.74, 6) is 1.02. The lowest BCUT2D eigenvalue weighted by atomic mass is 9.91. The van der Waals surface area contributed by atoms with E-state index in [0.29, 0.717) is 17.3 Å². The number of ether oxygens (including phenoxy) is 1. The predicted octanol–water partition coefficient (Wildman–Crippen LogP) is 4.51. The van der Waals surface area contributed by atoms with Crippen molar-refractivity contribution in [2.75, 3.05) is 25.5 Å². The Labute approximate surface area is 159 Å². The van der Waals surface area contributed by atoms with E-state index in [0.717, 1.165) is 29.8 Å². The average Bonchev–Trinajstić information content (AvgIpc) is 2.60. The number of fused-ring (bicyclic) bond motifs is 1. The van der Waals surface area contributed by atoms with E-state index >= 15 is 0 Å². The van der Waals surface area contributed by atoms with Crippen molar-refractivity contribution in [1.29, 1.82) is 0 Å². The van der Waals surface area contributed by atoms with Gasteiger partial charge in [0.1, 0.15) is 17.9 Å². The standard InChI is InChI=1S/C18H15Cl2FN4O/c1-26-15-5-14-11(4-10(15)9-6-22-7-9)18(24-8-23-14)25-13-3-2-12(19)16(20)17(13)21/h2-5,8-9,22H,6-7H2,1H3,(H,23,24,25). The molecule has 2 heterocycles. The highest BCUT2D eigenvalue weighted by Crippen LogP contribution is 2.36. The number of anilines is 2. The molecule has 0 aliphatic carbocycles. The molecule has 5 nitrogen and oxygen atoms in total. The fourth-order valence-corrected chi connectivity index (χ4v) is 3.27. The highest BCUT2D eigenvalue weighted by Gasteiger charge is 2.24. The Morgan fingerprint density at radius 2 is 2.04 bits per heavy atom. The molecule has 1 saturated heterocycles. The molecule has 1 fully saturated rings. The van der Waals surface area contributed by atoms with Crippen LogP contribution in [0.15, 0.2) is 30.6 Å². The molecule has 0 radical (unpaired) electrons. The number of nitrogens with zero attached hydrogens (tertiary/aromatic N) is 2. The summed E-state index contributed by atoms with van der Waals surface area (Å²) in [5, 5.41) is 7.06. The topological polar surface area (TPSA) is 59.1 Å². The first kappa shape index (κ1) is 17.3. The maximum absolute atomic E-state index is 14.4. The van der Waals surface area contributed by atoms with Crippen molar-refractivity contribution in [2.24, 2.45) is 0 Å². The summed E-state index contributed by atoms with van der Waals surface area (Å²) in [6.45, 7) is 1.78. The number of rotatable bonds is 4. The molecule has 0 unspecified atom stereocenters. The first-order valence-corrected chi connectivity index (χ1v) is 8.78. The Kier molecular flexibility index (Phi) is 4.56. The van der Waals surface area contributed by atoms with Crippen LogP contribution in [0.25, 0.3) is 10.9 Å². The summed E-state index contributed by atoms with van der Waals surface area (Å²) in [6.07, 6.45) is 1.42. The number of nitrogens with one attached hydrogen (secondary N) is 2. The second-order valence-electron chi connectivity index (χ2n) is 6.04. The van der Waals surface area contributed by atoms with Crippen molar-refractivity contribution in [3.05, 3.63) is 52.0 Å². The van der Waals surface area contributed by atoms with E-state index in [-0.39, 0.29) is 15.7 Å². The number of halogens is 3. The molecule has 134 valence electrons. The molecule has 0 amide bonds. The number of hydrogen-bond acceptors (Lipinski definition) is 5. The largest absolute Gasteiger partial charge is 0.496 e. The van der Waals surface area contributed by atoms with E-state index in [4.69, 9.17) is 27.9 Å². The minimum Gasteiger partial charge on any atom is -0.496 e. The maximum Gasteiger partial charge on any atom is 0.166 e. The fourth-order valence-electron chi connectivity index (χ4n) is 2.95. The van der Waals surface area contributed by atoms with Gasteiger partial charge in [0.2, 0.25) is 0 Å². The van der Waals surface area contributed by atoms with Gasteiger partial charge in [0.15, 0.2) is 5.82 Å². The smallest absolute Gasteiger partial charge is 0.166 e. The van der Waals surface area contributed by atoms with E-state index in [9.17, 15) is 4.39 Å². The molecule has 3 aromatic rings. The molecule has 0 spiro atoms. The zero-order valence-corrected chi connectivity index (χ0v) is 15.3. The minimum absolute atomic E-state index is 0.127. The Balaban J connectivity index is 1.81. The monoisotopic (exact) mass is 392 g/mol. The van der Waals surface area contributed by atoms with E-state index in [1.807, 2.05) is 12.1 Å². The van der Waals surface area contributed by atoms with Gasteiger partial charge in [-0.05, 0) is 18.2 Å². The quantitative estimate of drug-likeness (QED) is 0.639. The van der Waals surface area contributed by atoms with Crippen LogP contribution >= 0.6 is 23.2 Å². The van der Waals surface area contributed by atoms with Crippen LogP contribution in [0.5, 0.6) is 5.75 Å². The van der Waals surface area contributed by atoms with Crippen LogP contribution in [0.1, 0.15) is 11.5 Å². The van der Waals surface area contributed by atoms with Crippen LogP contribution in [0.4, 0.5) is 15.9 Å². The third-order valence-corrected chi connectivity index (χ3v) is 5.28. The molecule has 1 aliphatic rings. The lowest BCUT2D eigenvalue weighted by molar-refractivity contribution is 0.386. The van der Waals surface area contributed by atoms with Gasteiger partial charge >= 0.3 is 0 Å². The molecule has 0 bridgehead atoms. The van der Waals surface area contributed by atoms with Gasteiger partial charge in [-0.1, -0.05) is 23.2 Å². The average molecular weight is 393 g/mol. The van der Waals surface area contributed by atoms with Gasteiger partial charge < -0.3 is 15.4 Å². The van der Waals surface area contributed by atoms with Crippen molar-refractivity contribution < 1.29 is 9.13 Å². The van der Waals surface area contributed by atoms with Gasteiger partial charge in [-0.15, -0.1) is 0 Å². The van der Waals surface area contributed by atoms with Gasteiger partial charge in [0, 0.05) is 36.0 Å². The maximum atomic E-state index is 14.4. The SMILES string of the molecule is COc1cc2ncnc(Nc3ccc(Cl)c(Cl)c3F)c2cc1C1CNC1. The van der Waals surface area contributed by atoms with Crippen molar-refractivity contribution in [2.45, 2.75) is 5.92 Å². The minimum atomic E-state index is -0.622. The van der Waals surface area contributed by atoms with Crippen LogP contribution in [0.2, 0.25) is 10.0 Å². The summed E-state index contributed by atoms with van der Waals surface area (Å²) in [5.41, 5.74) is 1.98. The Morgan fingerprint density at radius 3 is 2.73 bits per heavy atom. The van der Waals surface area contributed by atoms with E-state index in [2.05, 4.69) is 20.6 Å². The first-order chi connectivity index (χ1) is 12.6. The lowest BCUT2D eigenvalue weighted by Crippen LogP contribution is -2.40. The van der Waals surface area contributed by atoms with Crippen molar-refractivity contribution >= 4 is 45.6 Å². The molecule has 4 rings (SSSR count). The fraction of sp³-hybridized carbons (Fsp3) is 0.222. The van der Waals surface area contributed by atoms with Gasteiger partial charge in [0.25, 0.3) is 0 Å². The van der Waals surface area contributed by atoms with Crippen LogP contribution < -0.4 is 15.4 Å². The van der Waals surface area contributed by atoms with Crippen LogP contribution in [0.3, 0.4) is 0 Å². The van der Waals surface area contributed by atoms with E-state index in [1.165, 1.54) is 18.5 Å². The molecule has 2 N–H and O–H groups in total. The molecule has 0 saturated carbocycles. The summed E-state index contributed by atoms with van der Waals surface area (Å²) in [4.78, 5) is 8.58. The number of methoxy groups -OCH3 is 1. The van der Waals surface area contributed by atoms with E-state index in [1.54, 1.807) is 7.11 Å². The zero-order chi connectivity index (χ0) is 18.3. The summed E-state index contributed by atoms with van der Waals surface area (Å²) >= 11 is 11.7. The lowest BCUT2D eigenvalue weighted by Gasteiger charge is -2.29. The van der Waals surface area contributed by atoms with Crippen LogP contribution in [0, 0.1) is 5.82 Å². The van der Waals surface area contributed by atoms with E-state index < -0.39 is 5.82 Å². The number of benzene rings is 2. The molecule has 1 aliphatic heterocycles. The molecule has 1 aromatic heterocycles. The summed E-state index contributed by atoms with van der Waals surface area (Å²) < 4.78 is 19.9. The molecule has 0 atom stereocenters. The Hall–Kier alpha value is -2.15. The van der Waals surface area contributed by atoms with Crippen molar-refractivity contribution in [3.8, 4) is 5.75 Å². The third-order valence-electron chi connectivity index (χ3n) is 4.50. The Bertz CT molecular complexity index is 995. The van der Waals surface area contributed by atoms with Crippen molar-refractivity contribution in [1.82, 2.24) is 15.3 Å². The zero-order valence-electron chi connectivity index (χ0n) is 13.8. The Morgan fingerprint density at radius 1 is 1.23 bits per heavy atom. The molecular formula is C18H15Cl2FN4O. The van der Waals surface area contributed by atoms with Crippen molar-refractivity contribution in [3.63, 3.8) is 0 Å². The highest BCUT2D eigenvalue weighted by atomic mass is 35.5. The number of hydrogen-bond donors (Lipinski definition) is 2. The normalized spacial score (nSPS) is 14.3.